The van der Waals surface area contributed by atoms with Crippen LogP contribution in [0.5, 0.6) is 0 Å². The summed E-state index contributed by atoms with van der Waals surface area (Å²) in [6.07, 6.45) is 7.31. The maximum Gasteiger partial charge on any atom is 0.239 e. The SMILES string of the molecule is Cc1cnn(C[C@H]2CCCCN2C(=O)[C@@H](C)N2CCOCC2)c1. The molecule has 0 spiro atoms. The second kappa shape index (κ2) is 7.45. The number of nitrogens with zero attached hydrogens (tertiary/aromatic N) is 4. The highest BCUT2D eigenvalue weighted by molar-refractivity contribution is 5.82. The number of ether oxygens (including phenoxy) is 1. The lowest BCUT2D eigenvalue weighted by molar-refractivity contribution is -0.142. The van der Waals surface area contributed by atoms with Gasteiger partial charge >= 0.3 is 0 Å². The molecule has 0 aliphatic carbocycles. The predicted molar refractivity (Wildman–Crippen MR) is 88.2 cm³/mol. The van der Waals surface area contributed by atoms with Crippen LogP contribution in [-0.2, 0) is 16.1 Å². The number of hydrogen-bond acceptors (Lipinski definition) is 4. The Morgan fingerprint density at radius 2 is 2.13 bits per heavy atom. The van der Waals surface area contributed by atoms with Gasteiger partial charge in [-0.25, -0.2) is 0 Å². The quantitative estimate of drug-likeness (QED) is 0.839. The molecular formula is C17H28N4O2. The van der Waals surface area contributed by atoms with E-state index in [-0.39, 0.29) is 18.0 Å². The summed E-state index contributed by atoms with van der Waals surface area (Å²) in [5, 5.41) is 4.39. The first-order valence-electron chi connectivity index (χ1n) is 8.76. The van der Waals surface area contributed by atoms with E-state index in [2.05, 4.69) is 21.1 Å². The second-order valence-corrected chi connectivity index (χ2v) is 6.75. The van der Waals surface area contributed by atoms with Gasteiger partial charge in [-0.05, 0) is 38.7 Å². The number of amides is 1. The van der Waals surface area contributed by atoms with E-state index in [0.29, 0.717) is 0 Å². The van der Waals surface area contributed by atoms with E-state index in [1.807, 2.05) is 24.7 Å². The van der Waals surface area contributed by atoms with Crippen LogP contribution < -0.4 is 0 Å². The molecular weight excluding hydrogens is 292 g/mol. The van der Waals surface area contributed by atoms with Gasteiger partial charge in [0.15, 0.2) is 0 Å². The average molecular weight is 320 g/mol. The smallest absolute Gasteiger partial charge is 0.239 e. The Balaban J connectivity index is 1.65. The maximum absolute atomic E-state index is 13.0. The predicted octanol–water partition coefficient (Wildman–Crippen LogP) is 1.29. The van der Waals surface area contributed by atoms with Crippen molar-refractivity contribution in [1.82, 2.24) is 19.6 Å². The number of carbonyl (C=O) groups is 1. The number of likely N-dealkylation sites (tertiary alicyclic amines) is 1. The molecule has 0 unspecified atom stereocenters. The van der Waals surface area contributed by atoms with Gasteiger partial charge in [0.2, 0.25) is 5.91 Å². The monoisotopic (exact) mass is 320 g/mol. The molecule has 2 aliphatic heterocycles. The lowest BCUT2D eigenvalue weighted by Gasteiger charge is -2.40. The Kier molecular flexibility index (Phi) is 5.33. The van der Waals surface area contributed by atoms with E-state index >= 15 is 0 Å². The molecule has 0 aromatic carbocycles. The van der Waals surface area contributed by atoms with Crippen molar-refractivity contribution >= 4 is 5.91 Å². The molecule has 1 aromatic rings. The molecule has 3 heterocycles. The molecule has 6 heteroatoms. The first kappa shape index (κ1) is 16.5. The zero-order valence-electron chi connectivity index (χ0n) is 14.3. The molecule has 1 amide bonds. The summed E-state index contributed by atoms with van der Waals surface area (Å²) >= 11 is 0. The largest absolute Gasteiger partial charge is 0.379 e. The van der Waals surface area contributed by atoms with Crippen LogP contribution in [0.3, 0.4) is 0 Å². The molecule has 1 aromatic heterocycles. The summed E-state index contributed by atoms with van der Waals surface area (Å²) < 4.78 is 7.38. The van der Waals surface area contributed by atoms with Gasteiger partial charge in [0, 0.05) is 25.8 Å². The van der Waals surface area contributed by atoms with Crippen LogP contribution in [0.1, 0.15) is 31.7 Å². The maximum atomic E-state index is 13.0. The first-order chi connectivity index (χ1) is 11.1. The van der Waals surface area contributed by atoms with Gasteiger partial charge in [-0.3, -0.25) is 14.4 Å². The van der Waals surface area contributed by atoms with E-state index < -0.39 is 0 Å². The Morgan fingerprint density at radius 3 is 2.83 bits per heavy atom. The van der Waals surface area contributed by atoms with Gasteiger partial charge in [-0.15, -0.1) is 0 Å². The van der Waals surface area contributed by atoms with Crippen molar-refractivity contribution in [2.24, 2.45) is 0 Å². The number of aromatic nitrogens is 2. The van der Waals surface area contributed by atoms with Gasteiger partial charge in [-0.2, -0.15) is 5.10 Å². The molecule has 6 nitrogen and oxygen atoms in total. The summed E-state index contributed by atoms with van der Waals surface area (Å²) in [6, 6.07) is 0.206. The minimum Gasteiger partial charge on any atom is -0.379 e. The van der Waals surface area contributed by atoms with E-state index in [4.69, 9.17) is 4.74 Å². The third-order valence-corrected chi connectivity index (χ3v) is 5.02. The van der Waals surface area contributed by atoms with Crippen LogP contribution in [0.25, 0.3) is 0 Å². The van der Waals surface area contributed by atoms with Crippen molar-refractivity contribution < 1.29 is 9.53 Å². The van der Waals surface area contributed by atoms with E-state index in [1.165, 1.54) is 12.0 Å². The average Bonchev–Trinajstić information content (AvgIpc) is 3.00. The summed E-state index contributed by atoms with van der Waals surface area (Å²) in [4.78, 5) is 17.4. The van der Waals surface area contributed by atoms with Crippen LogP contribution in [0.4, 0.5) is 0 Å². The topological polar surface area (TPSA) is 50.6 Å². The third kappa shape index (κ3) is 3.93. The third-order valence-electron chi connectivity index (χ3n) is 5.02. The number of aryl methyl sites for hydroxylation is 1. The van der Waals surface area contributed by atoms with Crippen LogP contribution >= 0.6 is 0 Å². The molecule has 128 valence electrons. The normalized spacial score (nSPS) is 24.6. The highest BCUT2D eigenvalue weighted by Crippen LogP contribution is 2.21. The van der Waals surface area contributed by atoms with E-state index in [1.54, 1.807) is 0 Å². The summed E-state index contributed by atoms with van der Waals surface area (Å²) in [7, 11) is 0. The lowest BCUT2D eigenvalue weighted by atomic mass is 10.0. The Hall–Kier alpha value is -1.40. The van der Waals surface area contributed by atoms with Gasteiger partial charge in [0.25, 0.3) is 0 Å². The van der Waals surface area contributed by atoms with Crippen molar-refractivity contribution in [1.29, 1.82) is 0 Å². The molecule has 0 bridgehead atoms. The molecule has 2 fully saturated rings. The minimum absolute atomic E-state index is 0.0566. The zero-order chi connectivity index (χ0) is 16.2. The minimum atomic E-state index is -0.0566. The highest BCUT2D eigenvalue weighted by Gasteiger charge is 2.33. The molecule has 2 aliphatic rings. The number of morpholine rings is 1. The van der Waals surface area contributed by atoms with E-state index in [0.717, 1.165) is 52.2 Å². The van der Waals surface area contributed by atoms with Crippen molar-refractivity contribution in [3.05, 3.63) is 18.0 Å². The zero-order valence-corrected chi connectivity index (χ0v) is 14.3. The summed E-state index contributed by atoms with van der Waals surface area (Å²) in [5.41, 5.74) is 1.17. The highest BCUT2D eigenvalue weighted by atomic mass is 16.5. The van der Waals surface area contributed by atoms with Crippen molar-refractivity contribution in [3.63, 3.8) is 0 Å². The fraction of sp³-hybridized carbons (Fsp3) is 0.765. The molecule has 0 saturated carbocycles. The molecule has 0 N–H and O–H groups in total. The fourth-order valence-electron chi connectivity index (χ4n) is 3.62. The number of hydrogen-bond donors (Lipinski definition) is 0. The Labute approximate surface area is 138 Å². The Bertz CT molecular complexity index is 524. The number of piperidine rings is 1. The van der Waals surface area contributed by atoms with Crippen molar-refractivity contribution in [2.75, 3.05) is 32.8 Å². The summed E-state index contributed by atoms with van der Waals surface area (Å²) in [5.74, 6) is 0.264. The number of rotatable bonds is 4. The molecule has 23 heavy (non-hydrogen) atoms. The van der Waals surface area contributed by atoms with Gasteiger partial charge in [0.1, 0.15) is 0 Å². The molecule has 2 atom stereocenters. The molecule has 0 radical (unpaired) electrons. The standard InChI is InChI=1S/C17H28N4O2/c1-14-11-18-20(12-14)13-16-5-3-4-6-21(16)17(22)15(2)19-7-9-23-10-8-19/h11-12,15-16H,3-10,13H2,1-2H3/t15-,16-/m1/s1. The summed E-state index contributed by atoms with van der Waals surface area (Å²) in [6.45, 7) is 8.92. The molecule has 3 rings (SSSR count). The van der Waals surface area contributed by atoms with Gasteiger partial charge in [-0.1, -0.05) is 0 Å². The van der Waals surface area contributed by atoms with Crippen LogP contribution in [0.15, 0.2) is 12.4 Å². The second-order valence-electron chi connectivity index (χ2n) is 6.75. The van der Waals surface area contributed by atoms with Crippen LogP contribution in [0, 0.1) is 6.92 Å². The van der Waals surface area contributed by atoms with Gasteiger partial charge < -0.3 is 9.64 Å². The molecule has 2 saturated heterocycles. The van der Waals surface area contributed by atoms with Crippen molar-refractivity contribution in [2.45, 2.75) is 51.7 Å². The van der Waals surface area contributed by atoms with E-state index in [9.17, 15) is 4.79 Å². The lowest BCUT2D eigenvalue weighted by Crippen LogP contribution is -2.55. The Morgan fingerprint density at radius 1 is 1.35 bits per heavy atom. The van der Waals surface area contributed by atoms with Crippen molar-refractivity contribution in [3.8, 4) is 0 Å². The number of carbonyl (C=O) groups excluding carboxylic acids is 1. The van der Waals surface area contributed by atoms with Crippen LogP contribution in [0.2, 0.25) is 0 Å². The fourth-order valence-corrected chi connectivity index (χ4v) is 3.62. The van der Waals surface area contributed by atoms with Crippen LogP contribution in [-0.4, -0.2) is 70.4 Å². The van der Waals surface area contributed by atoms with Gasteiger partial charge in [0.05, 0.1) is 38.0 Å². The first-order valence-corrected chi connectivity index (χ1v) is 8.76.